The quantitative estimate of drug-likeness (QED) is 0.810. The fourth-order valence-electron chi connectivity index (χ4n) is 2.53. The summed E-state index contributed by atoms with van der Waals surface area (Å²) >= 11 is 2.06. The summed E-state index contributed by atoms with van der Waals surface area (Å²) in [6.45, 7) is 2.59. The summed E-state index contributed by atoms with van der Waals surface area (Å²) in [6, 6.07) is 0.778. The van der Waals surface area contributed by atoms with Gasteiger partial charge in [0.2, 0.25) is 0 Å². The molecule has 0 bridgehead atoms. The maximum absolute atomic E-state index is 10.4. The number of carboxylic acid groups (broad SMARTS) is 1. The lowest BCUT2D eigenvalue weighted by Crippen LogP contribution is -2.43. The van der Waals surface area contributed by atoms with Crippen LogP contribution < -0.4 is 0 Å². The molecule has 0 spiro atoms. The molecule has 0 radical (unpaired) electrons. The number of ether oxygens (including phenoxy) is 1. The summed E-state index contributed by atoms with van der Waals surface area (Å²) in [5, 5.41) is 8.54. The van der Waals surface area contributed by atoms with E-state index in [0.717, 1.165) is 32.0 Å². The van der Waals surface area contributed by atoms with Crippen LogP contribution in [0.25, 0.3) is 0 Å². The zero-order valence-corrected chi connectivity index (χ0v) is 11.0. The van der Waals surface area contributed by atoms with E-state index in [1.165, 1.54) is 17.9 Å². The third kappa shape index (κ3) is 4.16. The van der Waals surface area contributed by atoms with Crippen LogP contribution in [-0.2, 0) is 9.53 Å². The van der Waals surface area contributed by atoms with Crippen molar-refractivity contribution in [3.05, 3.63) is 0 Å². The molecule has 1 unspecified atom stereocenters. The number of rotatable bonds is 5. The molecule has 1 N–H and O–H groups in total. The number of nitrogens with zero attached hydrogens (tertiary/aromatic N) is 1. The van der Waals surface area contributed by atoms with Gasteiger partial charge >= 0.3 is 5.97 Å². The number of thioether (sulfide) groups is 1. The molecule has 98 valence electrons. The van der Waals surface area contributed by atoms with Crippen LogP contribution in [0.5, 0.6) is 0 Å². The van der Waals surface area contributed by atoms with Gasteiger partial charge in [0.05, 0.1) is 19.1 Å². The molecule has 5 heteroatoms. The first-order valence-corrected chi connectivity index (χ1v) is 7.56. The van der Waals surface area contributed by atoms with Gasteiger partial charge in [-0.05, 0) is 25.0 Å². The summed E-state index contributed by atoms with van der Waals surface area (Å²) in [7, 11) is 0. The summed E-state index contributed by atoms with van der Waals surface area (Å²) in [4.78, 5) is 13.0. The Labute approximate surface area is 107 Å². The van der Waals surface area contributed by atoms with Crippen LogP contribution >= 0.6 is 11.8 Å². The van der Waals surface area contributed by atoms with E-state index in [1.807, 2.05) is 0 Å². The standard InChI is InChI=1S/C12H21NO3S/c14-12(15)3-7-16-11-1-5-13(6-2-11)10-4-8-17-9-10/h10-11H,1-9H2,(H,14,15). The van der Waals surface area contributed by atoms with Crippen molar-refractivity contribution in [2.45, 2.75) is 37.8 Å². The van der Waals surface area contributed by atoms with E-state index in [1.54, 1.807) is 0 Å². The van der Waals surface area contributed by atoms with Gasteiger partial charge in [0.1, 0.15) is 0 Å². The minimum Gasteiger partial charge on any atom is -0.481 e. The second kappa shape index (κ2) is 6.61. The Morgan fingerprint density at radius 1 is 1.35 bits per heavy atom. The Kier molecular flexibility index (Phi) is 5.13. The van der Waals surface area contributed by atoms with Gasteiger partial charge in [-0.15, -0.1) is 0 Å². The second-order valence-corrected chi connectivity index (χ2v) is 5.92. The molecule has 4 nitrogen and oxygen atoms in total. The van der Waals surface area contributed by atoms with Crippen LogP contribution in [-0.4, -0.2) is 59.3 Å². The van der Waals surface area contributed by atoms with Crippen LogP contribution in [0.2, 0.25) is 0 Å². The Morgan fingerprint density at radius 3 is 2.71 bits per heavy atom. The number of likely N-dealkylation sites (tertiary alicyclic amines) is 1. The van der Waals surface area contributed by atoms with Crippen molar-refractivity contribution < 1.29 is 14.6 Å². The highest BCUT2D eigenvalue weighted by molar-refractivity contribution is 7.99. The van der Waals surface area contributed by atoms with Crippen LogP contribution in [0.4, 0.5) is 0 Å². The molecule has 0 saturated carbocycles. The number of carboxylic acids is 1. The summed E-state index contributed by atoms with van der Waals surface area (Å²) in [5.41, 5.74) is 0. The van der Waals surface area contributed by atoms with Crippen LogP contribution in [0.15, 0.2) is 0 Å². The number of hydrogen-bond acceptors (Lipinski definition) is 4. The molecule has 2 aliphatic heterocycles. The summed E-state index contributed by atoms with van der Waals surface area (Å²) in [5.74, 6) is 1.81. The van der Waals surface area contributed by atoms with Crippen LogP contribution in [0, 0.1) is 0 Å². The van der Waals surface area contributed by atoms with Crippen molar-refractivity contribution in [1.82, 2.24) is 4.90 Å². The molecule has 2 fully saturated rings. The Bertz CT molecular complexity index is 248. The molecule has 2 aliphatic rings. The normalized spacial score (nSPS) is 27.4. The van der Waals surface area contributed by atoms with E-state index in [2.05, 4.69) is 16.7 Å². The molecule has 17 heavy (non-hydrogen) atoms. The van der Waals surface area contributed by atoms with E-state index in [4.69, 9.17) is 9.84 Å². The van der Waals surface area contributed by atoms with Crippen molar-refractivity contribution in [2.24, 2.45) is 0 Å². The van der Waals surface area contributed by atoms with Gasteiger partial charge in [0.15, 0.2) is 0 Å². The van der Waals surface area contributed by atoms with Gasteiger partial charge in [-0.25, -0.2) is 0 Å². The monoisotopic (exact) mass is 259 g/mol. The molecule has 2 rings (SSSR count). The highest BCUT2D eigenvalue weighted by Gasteiger charge is 2.27. The molecular weight excluding hydrogens is 238 g/mol. The predicted molar refractivity (Wildman–Crippen MR) is 68.5 cm³/mol. The molecule has 0 aromatic rings. The van der Waals surface area contributed by atoms with Crippen molar-refractivity contribution >= 4 is 17.7 Å². The van der Waals surface area contributed by atoms with E-state index in [9.17, 15) is 4.79 Å². The van der Waals surface area contributed by atoms with Crippen molar-refractivity contribution in [2.75, 3.05) is 31.2 Å². The maximum Gasteiger partial charge on any atom is 0.305 e. The first kappa shape index (κ1) is 13.2. The number of carbonyl (C=O) groups is 1. The van der Waals surface area contributed by atoms with E-state index < -0.39 is 5.97 Å². The smallest absolute Gasteiger partial charge is 0.305 e. The molecule has 0 amide bonds. The zero-order chi connectivity index (χ0) is 12.1. The number of hydrogen-bond donors (Lipinski definition) is 1. The fourth-order valence-corrected chi connectivity index (χ4v) is 3.79. The lowest BCUT2D eigenvalue weighted by atomic mass is 10.1. The molecule has 2 heterocycles. The zero-order valence-electron chi connectivity index (χ0n) is 10.1. The van der Waals surface area contributed by atoms with Gasteiger partial charge in [-0.1, -0.05) is 0 Å². The van der Waals surface area contributed by atoms with Crippen LogP contribution in [0.1, 0.15) is 25.7 Å². The molecule has 1 atom stereocenters. The fraction of sp³-hybridized carbons (Fsp3) is 0.917. The Hall–Kier alpha value is -0.260. The first-order valence-electron chi connectivity index (χ1n) is 6.41. The topological polar surface area (TPSA) is 49.8 Å². The Morgan fingerprint density at radius 2 is 2.12 bits per heavy atom. The average molecular weight is 259 g/mol. The highest BCUT2D eigenvalue weighted by atomic mass is 32.2. The second-order valence-electron chi connectivity index (χ2n) is 4.77. The maximum atomic E-state index is 10.4. The highest BCUT2D eigenvalue weighted by Crippen LogP contribution is 2.25. The average Bonchev–Trinajstić information content (AvgIpc) is 2.83. The number of aliphatic carboxylic acids is 1. The third-order valence-corrected chi connectivity index (χ3v) is 4.71. The SMILES string of the molecule is O=C(O)CCOC1CCN(C2CCSC2)CC1. The van der Waals surface area contributed by atoms with E-state index in [0.29, 0.717) is 6.61 Å². The number of piperidine rings is 1. The Balaban J connectivity index is 1.62. The first-order chi connectivity index (χ1) is 8.25. The van der Waals surface area contributed by atoms with E-state index >= 15 is 0 Å². The molecule has 0 aromatic heterocycles. The van der Waals surface area contributed by atoms with Crippen molar-refractivity contribution in [3.63, 3.8) is 0 Å². The molecule has 0 aliphatic carbocycles. The third-order valence-electron chi connectivity index (χ3n) is 3.57. The lowest BCUT2D eigenvalue weighted by molar-refractivity contribution is -0.138. The van der Waals surface area contributed by atoms with Gasteiger partial charge in [-0.3, -0.25) is 9.69 Å². The molecular formula is C12H21NO3S. The molecule has 0 aromatic carbocycles. The van der Waals surface area contributed by atoms with Gasteiger partial charge in [-0.2, -0.15) is 11.8 Å². The van der Waals surface area contributed by atoms with Gasteiger partial charge in [0.25, 0.3) is 0 Å². The van der Waals surface area contributed by atoms with Crippen molar-refractivity contribution in [3.8, 4) is 0 Å². The van der Waals surface area contributed by atoms with Gasteiger partial charge < -0.3 is 9.84 Å². The van der Waals surface area contributed by atoms with Gasteiger partial charge in [0, 0.05) is 24.9 Å². The van der Waals surface area contributed by atoms with Crippen molar-refractivity contribution in [1.29, 1.82) is 0 Å². The summed E-state index contributed by atoms with van der Waals surface area (Å²) in [6.07, 6.45) is 3.84. The molecule has 2 saturated heterocycles. The summed E-state index contributed by atoms with van der Waals surface area (Å²) < 4.78 is 5.59. The minimum absolute atomic E-state index is 0.124. The largest absolute Gasteiger partial charge is 0.481 e. The lowest BCUT2D eigenvalue weighted by Gasteiger charge is -2.35. The minimum atomic E-state index is -0.773. The van der Waals surface area contributed by atoms with E-state index in [-0.39, 0.29) is 12.5 Å². The van der Waals surface area contributed by atoms with Crippen LogP contribution in [0.3, 0.4) is 0 Å². The predicted octanol–water partition coefficient (Wildman–Crippen LogP) is 1.45.